The summed E-state index contributed by atoms with van der Waals surface area (Å²) in [7, 11) is 1.56. The van der Waals surface area contributed by atoms with Crippen LogP contribution in [0.1, 0.15) is 17.0 Å². The van der Waals surface area contributed by atoms with Gasteiger partial charge in [-0.3, -0.25) is 14.9 Å². The molecule has 6 nitrogen and oxygen atoms in total. The first kappa shape index (κ1) is 15.7. The second-order valence-corrected chi connectivity index (χ2v) is 5.34. The van der Waals surface area contributed by atoms with Crippen molar-refractivity contribution in [3.8, 4) is 11.5 Å². The van der Waals surface area contributed by atoms with Crippen LogP contribution in [0.5, 0.6) is 11.5 Å². The van der Waals surface area contributed by atoms with E-state index in [2.05, 4.69) is 0 Å². The maximum atomic E-state index is 11.7. The first-order chi connectivity index (χ1) is 11.6. The smallest absolute Gasteiger partial charge is 0.215 e. The molecule has 0 spiro atoms. The summed E-state index contributed by atoms with van der Waals surface area (Å²) in [5.74, 6) is 0.906. The Bertz CT molecular complexity index is 810. The number of rotatable bonds is 5. The zero-order valence-corrected chi connectivity index (χ0v) is 13.0. The molecule has 1 heterocycles. The molecule has 0 radical (unpaired) electrons. The van der Waals surface area contributed by atoms with Gasteiger partial charge in [0.25, 0.3) is 0 Å². The van der Waals surface area contributed by atoms with Gasteiger partial charge in [0.1, 0.15) is 17.3 Å². The minimum absolute atomic E-state index is 0.274. The molecule has 2 aromatic carbocycles. The summed E-state index contributed by atoms with van der Waals surface area (Å²) in [4.78, 5) is 22.3. The normalized spacial score (nSPS) is 16.1. The van der Waals surface area contributed by atoms with Crippen LogP contribution in [0.25, 0.3) is 5.76 Å². The lowest BCUT2D eigenvalue weighted by atomic mass is 9.87. The topological polar surface area (TPSA) is 78.7 Å². The number of hydrogen-bond donors (Lipinski definition) is 0. The van der Waals surface area contributed by atoms with Crippen molar-refractivity contribution in [2.45, 2.75) is 5.92 Å². The Morgan fingerprint density at radius 2 is 1.92 bits per heavy atom. The van der Waals surface area contributed by atoms with Gasteiger partial charge in [-0.25, -0.2) is 0 Å². The van der Waals surface area contributed by atoms with Crippen molar-refractivity contribution < 1.29 is 19.2 Å². The SMILES string of the molecule is COc1ccc(C2=C(C=O)[C@H](C[N+](=O)[O-])c3ccccc3O2)cc1. The molecule has 6 heteroatoms. The van der Waals surface area contributed by atoms with Crippen LogP contribution in [0.2, 0.25) is 0 Å². The highest BCUT2D eigenvalue weighted by Gasteiger charge is 2.33. The summed E-state index contributed by atoms with van der Waals surface area (Å²) in [6.45, 7) is -0.367. The van der Waals surface area contributed by atoms with E-state index in [1.165, 1.54) is 0 Å². The minimum Gasteiger partial charge on any atom is -0.497 e. The molecular weight excluding hydrogens is 310 g/mol. The van der Waals surface area contributed by atoms with Crippen molar-refractivity contribution >= 4 is 12.0 Å². The summed E-state index contributed by atoms with van der Waals surface area (Å²) in [6.07, 6.45) is 0.643. The summed E-state index contributed by atoms with van der Waals surface area (Å²) >= 11 is 0. The number of nitrogens with zero attached hydrogens (tertiary/aromatic N) is 1. The highest BCUT2D eigenvalue weighted by Crippen LogP contribution is 2.41. The second kappa shape index (κ2) is 6.54. The number of carbonyl (C=O) groups is 1. The molecule has 0 fully saturated rings. The summed E-state index contributed by atoms with van der Waals surface area (Å²) in [5, 5.41) is 11.1. The number of para-hydroxylation sites is 1. The molecule has 2 aromatic rings. The Morgan fingerprint density at radius 3 is 2.54 bits per heavy atom. The minimum atomic E-state index is -0.639. The van der Waals surface area contributed by atoms with Crippen molar-refractivity contribution in [3.05, 3.63) is 75.3 Å². The average Bonchev–Trinajstić information content (AvgIpc) is 2.61. The molecule has 0 amide bonds. The molecule has 1 aliphatic heterocycles. The van der Waals surface area contributed by atoms with Crippen molar-refractivity contribution in [3.63, 3.8) is 0 Å². The highest BCUT2D eigenvalue weighted by atomic mass is 16.6. The van der Waals surface area contributed by atoms with E-state index in [9.17, 15) is 14.9 Å². The zero-order valence-electron chi connectivity index (χ0n) is 13.0. The quantitative estimate of drug-likeness (QED) is 0.479. The van der Waals surface area contributed by atoms with E-state index >= 15 is 0 Å². The third-order valence-electron chi connectivity index (χ3n) is 3.95. The predicted octanol–water partition coefficient (Wildman–Crippen LogP) is 3.06. The molecule has 24 heavy (non-hydrogen) atoms. The predicted molar refractivity (Wildman–Crippen MR) is 87.7 cm³/mol. The standard InChI is InChI=1S/C18H15NO5/c1-23-13-8-6-12(7-9-13)18-16(11-20)15(10-19(21)22)14-4-2-3-5-17(14)24-18/h2-9,11,15H,10H2,1H3/t15-/m1/s1. The van der Waals surface area contributed by atoms with Gasteiger partial charge < -0.3 is 9.47 Å². The summed E-state index contributed by atoms with van der Waals surface area (Å²) in [6, 6.07) is 14.1. The van der Waals surface area contributed by atoms with Crippen LogP contribution in [0.15, 0.2) is 54.1 Å². The van der Waals surface area contributed by atoms with Crippen LogP contribution in [0.4, 0.5) is 0 Å². The van der Waals surface area contributed by atoms with E-state index < -0.39 is 10.8 Å². The number of hydrogen-bond acceptors (Lipinski definition) is 5. The lowest BCUT2D eigenvalue weighted by Gasteiger charge is -2.26. The molecule has 0 saturated carbocycles. The van der Waals surface area contributed by atoms with Gasteiger partial charge in [0, 0.05) is 21.6 Å². The van der Waals surface area contributed by atoms with E-state index in [-0.39, 0.29) is 12.1 Å². The molecular formula is C18H15NO5. The number of benzene rings is 2. The van der Waals surface area contributed by atoms with E-state index in [1.54, 1.807) is 55.6 Å². The Kier molecular flexibility index (Phi) is 4.29. The van der Waals surface area contributed by atoms with Gasteiger partial charge in [0.15, 0.2) is 6.29 Å². The zero-order chi connectivity index (χ0) is 17.1. The Labute approximate surface area is 138 Å². The lowest BCUT2D eigenvalue weighted by molar-refractivity contribution is -0.481. The maximum Gasteiger partial charge on any atom is 0.215 e. The number of nitro groups is 1. The van der Waals surface area contributed by atoms with Crippen LogP contribution in [-0.2, 0) is 4.79 Å². The van der Waals surface area contributed by atoms with Gasteiger partial charge in [0.05, 0.1) is 13.0 Å². The third kappa shape index (κ3) is 2.86. The first-order valence-electron chi connectivity index (χ1n) is 7.36. The number of aldehydes is 1. The Hall–Kier alpha value is -3.15. The van der Waals surface area contributed by atoms with Gasteiger partial charge in [0.2, 0.25) is 6.54 Å². The van der Waals surface area contributed by atoms with Crippen molar-refractivity contribution in [1.29, 1.82) is 0 Å². The second-order valence-electron chi connectivity index (χ2n) is 5.34. The summed E-state index contributed by atoms with van der Waals surface area (Å²) < 4.78 is 11.0. The fourth-order valence-electron chi connectivity index (χ4n) is 2.81. The molecule has 0 bridgehead atoms. The molecule has 0 aliphatic carbocycles. The van der Waals surface area contributed by atoms with Gasteiger partial charge in [-0.15, -0.1) is 0 Å². The van der Waals surface area contributed by atoms with Crippen LogP contribution in [0, 0.1) is 10.1 Å². The van der Waals surface area contributed by atoms with Crippen LogP contribution < -0.4 is 9.47 Å². The van der Waals surface area contributed by atoms with E-state index in [1.807, 2.05) is 0 Å². The highest BCUT2D eigenvalue weighted by molar-refractivity contribution is 5.90. The largest absolute Gasteiger partial charge is 0.497 e. The lowest BCUT2D eigenvalue weighted by Crippen LogP contribution is -2.22. The fraction of sp³-hybridized carbons (Fsp3) is 0.167. The Balaban J connectivity index is 2.12. The van der Waals surface area contributed by atoms with E-state index in [4.69, 9.17) is 9.47 Å². The fourth-order valence-corrected chi connectivity index (χ4v) is 2.81. The molecule has 1 aliphatic rings. The van der Waals surface area contributed by atoms with Gasteiger partial charge in [-0.1, -0.05) is 18.2 Å². The molecule has 0 aromatic heterocycles. The van der Waals surface area contributed by atoms with Crippen molar-refractivity contribution in [2.24, 2.45) is 0 Å². The van der Waals surface area contributed by atoms with Gasteiger partial charge >= 0.3 is 0 Å². The van der Waals surface area contributed by atoms with Gasteiger partial charge in [-0.05, 0) is 30.3 Å². The van der Waals surface area contributed by atoms with Crippen LogP contribution >= 0.6 is 0 Å². The van der Waals surface area contributed by atoms with Crippen LogP contribution in [0.3, 0.4) is 0 Å². The molecule has 122 valence electrons. The molecule has 0 saturated heterocycles. The average molecular weight is 325 g/mol. The van der Waals surface area contributed by atoms with E-state index in [0.29, 0.717) is 34.7 Å². The van der Waals surface area contributed by atoms with Gasteiger partial charge in [-0.2, -0.15) is 0 Å². The number of methoxy groups -OCH3 is 1. The van der Waals surface area contributed by atoms with Crippen LogP contribution in [-0.4, -0.2) is 24.9 Å². The number of fused-ring (bicyclic) bond motifs is 1. The molecule has 1 atom stereocenters. The van der Waals surface area contributed by atoms with E-state index in [0.717, 1.165) is 0 Å². The Morgan fingerprint density at radius 1 is 1.21 bits per heavy atom. The van der Waals surface area contributed by atoms with Crippen molar-refractivity contribution in [2.75, 3.05) is 13.7 Å². The molecule has 0 unspecified atom stereocenters. The third-order valence-corrected chi connectivity index (χ3v) is 3.95. The maximum absolute atomic E-state index is 11.7. The number of ether oxygens (including phenoxy) is 2. The first-order valence-corrected chi connectivity index (χ1v) is 7.36. The molecule has 0 N–H and O–H groups in total. The molecule has 3 rings (SSSR count). The number of carbonyl (C=O) groups excluding carboxylic acids is 1. The summed E-state index contributed by atoms with van der Waals surface area (Å²) in [5.41, 5.74) is 1.59. The van der Waals surface area contributed by atoms with Crippen molar-refractivity contribution in [1.82, 2.24) is 0 Å². The monoisotopic (exact) mass is 325 g/mol.